The maximum atomic E-state index is 12.7. The minimum Gasteiger partial charge on any atom is -0.455 e. The van der Waals surface area contributed by atoms with Crippen molar-refractivity contribution in [3.05, 3.63) is 33.2 Å². The van der Waals surface area contributed by atoms with Gasteiger partial charge in [-0.2, -0.15) is 13.2 Å². The predicted octanol–water partition coefficient (Wildman–Crippen LogP) is 3.69. The molecule has 2 atom stereocenters. The minimum atomic E-state index is -4.73. The average molecular weight is 340 g/mol. The quantitative estimate of drug-likeness (QED) is 0.850. The van der Waals surface area contributed by atoms with Crippen LogP contribution >= 0.6 is 17.8 Å². The number of alkyl halides is 3. The molecule has 0 bridgehead atoms. The molecule has 1 heterocycles. The molecule has 0 amide bonds. The van der Waals surface area contributed by atoms with Crippen molar-refractivity contribution < 1.29 is 22.7 Å². The van der Waals surface area contributed by atoms with Crippen LogP contribution in [-0.4, -0.2) is 16.8 Å². The number of nitrogens with zero attached hydrogens (tertiary/aromatic N) is 1. The highest BCUT2D eigenvalue weighted by molar-refractivity contribution is 7.51. The Bertz CT molecular complexity index is 614. The van der Waals surface area contributed by atoms with E-state index in [0.29, 0.717) is 5.69 Å². The van der Waals surface area contributed by atoms with Gasteiger partial charge >= 0.3 is 11.9 Å². The van der Waals surface area contributed by atoms with Crippen molar-refractivity contribution in [3.63, 3.8) is 0 Å². The fraction of sp³-hybridized carbons (Fsp3) is 0.455. The summed E-state index contributed by atoms with van der Waals surface area (Å²) in [4.78, 5) is 24.7. The molecule has 0 spiro atoms. The van der Waals surface area contributed by atoms with Gasteiger partial charge in [0, 0.05) is 12.1 Å². The van der Waals surface area contributed by atoms with Gasteiger partial charge in [0.2, 0.25) is 0 Å². The molecule has 0 aromatic carbocycles. The summed E-state index contributed by atoms with van der Waals surface area (Å²) in [6.45, 7) is 3.04. The molecule has 116 valence electrons. The number of nitrogens with one attached hydrogen (secondary N) is 1. The van der Waals surface area contributed by atoms with Crippen molar-refractivity contribution in [1.82, 2.24) is 4.98 Å². The third kappa shape index (κ3) is 5.21. The molecule has 1 N–H and O–H groups in total. The zero-order valence-electron chi connectivity index (χ0n) is 11.2. The molecule has 21 heavy (non-hydrogen) atoms. The molecular weight excluding hydrogens is 327 g/mol. The van der Waals surface area contributed by atoms with Gasteiger partial charge < -0.3 is 9.72 Å². The zero-order chi connectivity index (χ0) is 16.2. The van der Waals surface area contributed by atoms with Crippen LogP contribution in [0.25, 0.3) is 0 Å². The molecule has 0 aliphatic rings. The van der Waals surface area contributed by atoms with Crippen LogP contribution in [0, 0.1) is 6.92 Å². The van der Waals surface area contributed by atoms with Crippen LogP contribution in [0.2, 0.25) is 0 Å². The van der Waals surface area contributed by atoms with Crippen molar-refractivity contribution in [2.75, 3.05) is 0 Å². The number of aromatic amines is 1. The van der Waals surface area contributed by atoms with Crippen LogP contribution in [0.1, 0.15) is 23.7 Å². The molecule has 1 unspecified atom stereocenters. The molecule has 0 aliphatic carbocycles. The van der Waals surface area contributed by atoms with E-state index in [1.54, 1.807) is 6.92 Å². The van der Waals surface area contributed by atoms with Gasteiger partial charge in [-0.25, -0.2) is 9.31 Å². The summed E-state index contributed by atoms with van der Waals surface area (Å²) >= 11 is 0. The highest BCUT2D eigenvalue weighted by Gasteiger charge is 2.34. The molecule has 5 nitrogen and oxygen atoms in total. The number of rotatable bonds is 4. The van der Waals surface area contributed by atoms with Crippen molar-refractivity contribution in [1.29, 1.82) is 0 Å². The Kier molecular flexibility index (Phi) is 6.05. The van der Waals surface area contributed by atoms with E-state index in [4.69, 9.17) is 4.74 Å². The lowest BCUT2D eigenvalue weighted by Crippen LogP contribution is -2.24. The normalized spacial score (nSPS) is 13.4. The maximum Gasteiger partial charge on any atom is 0.421 e. The molecule has 1 aromatic rings. The number of carbonyl (C=O) groups is 1. The lowest BCUT2D eigenvalue weighted by molar-refractivity contribution is -0.138. The first-order valence-corrected chi connectivity index (χ1v) is 7.13. The van der Waals surface area contributed by atoms with E-state index >= 15 is 0 Å². The Morgan fingerprint density at radius 3 is 2.71 bits per heavy atom. The summed E-state index contributed by atoms with van der Waals surface area (Å²) in [5, 5.41) is 0. The minimum absolute atomic E-state index is 0.0593. The van der Waals surface area contributed by atoms with Gasteiger partial charge in [-0.1, -0.05) is 0 Å². The van der Waals surface area contributed by atoms with Gasteiger partial charge in [0.05, 0.1) is 0 Å². The molecular formula is C11H13F3N2O3P2. The predicted molar refractivity (Wildman–Crippen MR) is 75.5 cm³/mol. The third-order valence-electron chi connectivity index (χ3n) is 2.60. The maximum absolute atomic E-state index is 12.7. The van der Waals surface area contributed by atoms with Gasteiger partial charge in [-0.3, -0.25) is 4.79 Å². The van der Waals surface area contributed by atoms with E-state index in [9.17, 15) is 22.8 Å². The van der Waals surface area contributed by atoms with Gasteiger partial charge in [0.1, 0.15) is 20.0 Å². The number of H-pyrrole nitrogens is 1. The molecule has 10 heteroatoms. The summed E-state index contributed by atoms with van der Waals surface area (Å²) < 4.78 is 46.5. The second-order valence-corrected chi connectivity index (χ2v) is 5.76. The lowest BCUT2D eigenvalue weighted by Gasteiger charge is -2.15. The van der Waals surface area contributed by atoms with E-state index in [2.05, 4.69) is 9.50 Å². The average Bonchev–Trinajstić information content (AvgIpc) is 2.31. The van der Waals surface area contributed by atoms with Gasteiger partial charge in [-0.15, -0.1) is 0 Å². The Morgan fingerprint density at radius 1 is 1.57 bits per heavy atom. The molecule has 0 aliphatic heterocycles. The van der Waals surface area contributed by atoms with Gasteiger partial charge in [0.25, 0.3) is 5.56 Å². The summed E-state index contributed by atoms with van der Waals surface area (Å²) in [6.07, 6.45) is -5.31. The highest BCUT2D eigenvalue weighted by atomic mass is 31.1. The van der Waals surface area contributed by atoms with Crippen LogP contribution in [0.5, 0.6) is 0 Å². The molecule has 0 saturated carbocycles. The standard InChI is InChI=1S/C11H13F3N2O3P2/c1-5(19-10(18)21-16-20)3-7-4-8(11(12,13)14)9(17)15-6(7)2/h4-5H,3,20H2,1-2H3,(H,15,17)/t5-/m1/s1. The number of halogens is 3. The number of hydrogen-bond acceptors (Lipinski definition) is 4. The zero-order valence-corrected chi connectivity index (χ0v) is 13.2. The monoisotopic (exact) mass is 340 g/mol. The third-order valence-corrected chi connectivity index (χ3v) is 3.33. The Morgan fingerprint density at radius 2 is 2.19 bits per heavy atom. The summed E-state index contributed by atoms with van der Waals surface area (Å²) in [7, 11) is 2.10. The Balaban J connectivity index is 2.98. The first kappa shape index (κ1) is 17.8. The molecule has 0 fully saturated rings. The van der Waals surface area contributed by atoms with Gasteiger partial charge in [-0.05, 0) is 34.9 Å². The van der Waals surface area contributed by atoms with E-state index in [0.717, 1.165) is 6.07 Å². The van der Waals surface area contributed by atoms with Crippen molar-refractivity contribution in [3.8, 4) is 0 Å². The highest BCUT2D eigenvalue weighted by Crippen LogP contribution is 2.27. The summed E-state index contributed by atoms with van der Waals surface area (Å²) in [6, 6.07) is 0.788. The first-order chi connectivity index (χ1) is 9.65. The van der Waals surface area contributed by atoms with Crippen LogP contribution in [0.3, 0.4) is 0 Å². The molecule has 0 saturated heterocycles. The Labute approximate surface area is 122 Å². The van der Waals surface area contributed by atoms with E-state index < -0.39 is 29.1 Å². The van der Waals surface area contributed by atoms with Crippen LogP contribution in [-0.2, 0) is 17.3 Å². The van der Waals surface area contributed by atoms with E-state index in [1.165, 1.54) is 6.92 Å². The SMILES string of the molecule is Cc1[nH]c(=O)c(C(F)(F)F)cc1C[C@@H](C)OC(=O)P=NP. The number of aryl methyl sites for hydroxylation is 1. The van der Waals surface area contributed by atoms with Crippen LogP contribution in [0.4, 0.5) is 18.0 Å². The Hall–Kier alpha value is -1.26. The number of carbonyl (C=O) groups excluding carboxylic acids is 1. The van der Waals surface area contributed by atoms with Crippen molar-refractivity contribution in [2.45, 2.75) is 32.5 Å². The van der Waals surface area contributed by atoms with Crippen LogP contribution < -0.4 is 5.56 Å². The molecule has 1 aromatic heterocycles. The fourth-order valence-electron chi connectivity index (χ4n) is 1.68. The second-order valence-electron chi connectivity index (χ2n) is 4.27. The fourth-order valence-corrected chi connectivity index (χ4v) is 2.29. The smallest absolute Gasteiger partial charge is 0.421 e. The van der Waals surface area contributed by atoms with Crippen LogP contribution in [0.15, 0.2) is 15.4 Å². The van der Waals surface area contributed by atoms with E-state index in [1.807, 2.05) is 9.39 Å². The lowest BCUT2D eigenvalue weighted by atomic mass is 10.0. The second kappa shape index (κ2) is 7.14. The largest absolute Gasteiger partial charge is 0.455 e. The number of hydrogen-bond donors (Lipinski definition) is 1. The molecule has 0 radical (unpaired) electrons. The number of ether oxygens (including phenoxy) is 1. The van der Waals surface area contributed by atoms with E-state index in [-0.39, 0.29) is 20.4 Å². The topological polar surface area (TPSA) is 71.5 Å². The number of pyridine rings is 1. The van der Waals surface area contributed by atoms with Crippen molar-refractivity contribution in [2.24, 2.45) is 4.52 Å². The summed E-state index contributed by atoms with van der Waals surface area (Å²) in [5.74, 6) is 0. The van der Waals surface area contributed by atoms with Gasteiger partial charge in [0.15, 0.2) is 0 Å². The number of aromatic nitrogens is 1. The first-order valence-electron chi connectivity index (χ1n) is 5.76. The van der Waals surface area contributed by atoms with Crippen molar-refractivity contribution >= 4 is 23.5 Å². The molecule has 1 rings (SSSR count). The summed E-state index contributed by atoms with van der Waals surface area (Å²) in [5.41, 5.74) is -2.48.